The minimum absolute atomic E-state index is 0.171. The number of carbonyl (C=O) groups is 2. The van der Waals surface area contributed by atoms with Crippen LogP contribution in [0.15, 0.2) is 97.1 Å². The topological polar surface area (TPSA) is 62.5 Å². The van der Waals surface area contributed by atoms with Gasteiger partial charge in [-0.3, -0.25) is 4.68 Å². The number of rotatable bonds is 6. The van der Waals surface area contributed by atoms with Crippen LogP contribution < -0.4 is 0 Å². The minimum atomic E-state index is -0.471. The lowest BCUT2D eigenvalue weighted by atomic mass is 10.1. The molecule has 174 valence electrons. The SMILES string of the molecule is COC(=O)c1cc2ccccc2n1-n1c(-c2ccccc2)cc(C(=O)OCc2ccccc2)c1C. The van der Waals surface area contributed by atoms with Crippen LogP contribution in [-0.4, -0.2) is 28.4 Å². The highest BCUT2D eigenvalue weighted by Gasteiger charge is 2.25. The molecule has 5 rings (SSSR count). The van der Waals surface area contributed by atoms with Crippen molar-refractivity contribution < 1.29 is 19.1 Å². The van der Waals surface area contributed by atoms with Crippen LogP contribution in [0.4, 0.5) is 0 Å². The predicted molar refractivity (Wildman–Crippen MR) is 134 cm³/mol. The lowest BCUT2D eigenvalue weighted by Gasteiger charge is -2.17. The summed E-state index contributed by atoms with van der Waals surface area (Å²) < 4.78 is 14.4. The number of methoxy groups -OCH3 is 1. The third-order valence-corrected chi connectivity index (χ3v) is 6.00. The molecule has 0 spiro atoms. The van der Waals surface area contributed by atoms with E-state index in [-0.39, 0.29) is 6.61 Å². The van der Waals surface area contributed by atoms with E-state index in [0.717, 1.165) is 27.7 Å². The van der Waals surface area contributed by atoms with Crippen LogP contribution in [0.5, 0.6) is 0 Å². The number of benzene rings is 3. The van der Waals surface area contributed by atoms with Gasteiger partial charge in [-0.25, -0.2) is 14.3 Å². The molecule has 0 saturated heterocycles. The molecule has 5 aromatic rings. The van der Waals surface area contributed by atoms with Gasteiger partial charge in [-0.15, -0.1) is 0 Å². The highest BCUT2D eigenvalue weighted by Crippen LogP contribution is 2.31. The number of hydrogen-bond acceptors (Lipinski definition) is 4. The first kappa shape index (κ1) is 22.2. The molecule has 0 radical (unpaired) electrons. The van der Waals surface area contributed by atoms with Crippen LogP contribution in [0, 0.1) is 6.92 Å². The Morgan fingerprint density at radius 3 is 2.14 bits per heavy atom. The standard InChI is InChI=1S/C29H24N2O4/c1-20-24(28(32)35-19-21-11-5-3-6-12-21)18-26(22-13-7-4-8-14-22)30(20)31-25-16-10-9-15-23(25)17-27(31)29(33)34-2/h3-18H,19H2,1-2H3. The zero-order valence-corrected chi connectivity index (χ0v) is 19.5. The fraction of sp³-hybridized carbons (Fsp3) is 0.103. The van der Waals surface area contributed by atoms with Gasteiger partial charge in [0, 0.05) is 10.9 Å². The molecule has 0 bridgehead atoms. The smallest absolute Gasteiger partial charge is 0.356 e. The monoisotopic (exact) mass is 464 g/mol. The summed E-state index contributed by atoms with van der Waals surface area (Å²) in [5.74, 6) is -0.903. The molecular formula is C29H24N2O4. The molecule has 3 aromatic carbocycles. The molecule has 0 unspecified atom stereocenters. The fourth-order valence-electron chi connectivity index (χ4n) is 4.28. The number of ether oxygens (including phenoxy) is 2. The van der Waals surface area contributed by atoms with Crippen LogP contribution >= 0.6 is 0 Å². The molecular weight excluding hydrogens is 440 g/mol. The van der Waals surface area contributed by atoms with Crippen molar-refractivity contribution in [2.24, 2.45) is 0 Å². The lowest BCUT2D eigenvalue weighted by Crippen LogP contribution is -2.19. The summed E-state index contributed by atoms with van der Waals surface area (Å²) in [5.41, 5.74) is 4.79. The molecule has 0 N–H and O–H groups in total. The van der Waals surface area contributed by atoms with Gasteiger partial charge in [-0.1, -0.05) is 78.9 Å². The Kier molecular flexibility index (Phi) is 5.94. The highest BCUT2D eigenvalue weighted by molar-refractivity contribution is 5.97. The molecule has 6 heteroatoms. The van der Waals surface area contributed by atoms with Crippen LogP contribution in [0.2, 0.25) is 0 Å². The normalized spacial score (nSPS) is 10.9. The summed E-state index contributed by atoms with van der Waals surface area (Å²) in [6, 6.07) is 30.6. The molecule has 0 aliphatic rings. The Morgan fingerprint density at radius 1 is 0.771 bits per heavy atom. The largest absolute Gasteiger partial charge is 0.464 e. The third-order valence-electron chi connectivity index (χ3n) is 6.00. The third kappa shape index (κ3) is 4.10. The van der Waals surface area contributed by atoms with E-state index in [0.29, 0.717) is 17.0 Å². The van der Waals surface area contributed by atoms with Crippen molar-refractivity contribution in [3.8, 4) is 11.3 Å². The summed E-state index contributed by atoms with van der Waals surface area (Å²) in [6.07, 6.45) is 0. The van der Waals surface area contributed by atoms with Crippen molar-refractivity contribution in [2.75, 3.05) is 7.11 Å². The van der Waals surface area contributed by atoms with Gasteiger partial charge < -0.3 is 9.47 Å². The van der Waals surface area contributed by atoms with Gasteiger partial charge in [0.25, 0.3) is 0 Å². The highest BCUT2D eigenvalue weighted by atomic mass is 16.5. The van der Waals surface area contributed by atoms with E-state index in [9.17, 15) is 9.59 Å². The predicted octanol–water partition coefficient (Wildman–Crippen LogP) is 5.87. The van der Waals surface area contributed by atoms with E-state index in [1.807, 2.05) is 103 Å². The van der Waals surface area contributed by atoms with Crippen molar-refractivity contribution in [3.05, 3.63) is 120 Å². The summed E-state index contributed by atoms with van der Waals surface area (Å²) in [5, 5.41) is 0.883. The number of aromatic nitrogens is 2. The average molecular weight is 465 g/mol. The number of hydrogen-bond donors (Lipinski definition) is 0. The first-order valence-electron chi connectivity index (χ1n) is 11.3. The Morgan fingerprint density at radius 2 is 1.43 bits per heavy atom. The van der Waals surface area contributed by atoms with E-state index >= 15 is 0 Å². The zero-order chi connectivity index (χ0) is 24.4. The average Bonchev–Trinajstić information content (AvgIpc) is 3.45. The number of esters is 2. The fourth-order valence-corrected chi connectivity index (χ4v) is 4.28. The van der Waals surface area contributed by atoms with Gasteiger partial charge in [-0.05, 0) is 30.7 Å². The second kappa shape index (κ2) is 9.35. The summed E-state index contributed by atoms with van der Waals surface area (Å²) in [4.78, 5) is 26.0. The molecule has 0 aliphatic carbocycles. The first-order valence-corrected chi connectivity index (χ1v) is 11.3. The van der Waals surface area contributed by atoms with Crippen LogP contribution in [0.25, 0.3) is 22.2 Å². The Hall–Kier alpha value is -4.58. The molecule has 6 nitrogen and oxygen atoms in total. The zero-order valence-electron chi connectivity index (χ0n) is 19.5. The van der Waals surface area contributed by atoms with Crippen molar-refractivity contribution in [1.29, 1.82) is 0 Å². The van der Waals surface area contributed by atoms with E-state index in [4.69, 9.17) is 9.47 Å². The molecule has 0 saturated carbocycles. The Labute approximate surface area is 202 Å². The molecule has 2 aromatic heterocycles. The van der Waals surface area contributed by atoms with Crippen molar-refractivity contribution in [1.82, 2.24) is 9.35 Å². The number of carbonyl (C=O) groups excluding carboxylic acids is 2. The molecule has 0 atom stereocenters. The maximum Gasteiger partial charge on any atom is 0.356 e. The molecule has 0 amide bonds. The molecule has 0 fully saturated rings. The summed E-state index contributed by atoms with van der Waals surface area (Å²) in [6.45, 7) is 2.02. The summed E-state index contributed by atoms with van der Waals surface area (Å²) >= 11 is 0. The van der Waals surface area contributed by atoms with Gasteiger partial charge in [-0.2, -0.15) is 0 Å². The van der Waals surface area contributed by atoms with E-state index in [1.165, 1.54) is 7.11 Å². The van der Waals surface area contributed by atoms with Crippen LogP contribution in [0.3, 0.4) is 0 Å². The number of nitrogens with zero attached hydrogens (tertiary/aromatic N) is 2. The number of fused-ring (bicyclic) bond motifs is 1. The first-order chi connectivity index (χ1) is 17.1. The Bertz CT molecular complexity index is 1510. The van der Waals surface area contributed by atoms with Gasteiger partial charge >= 0.3 is 11.9 Å². The number of para-hydroxylation sites is 1. The quantitative estimate of drug-likeness (QED) is 0.295. The maximum absolute atomic E-state index is 13.2. The van der Waals surface area contributed by atoms with Crippen molar-refractivity contribution >= 4 is 22.8 Å². The molecule has 2 heterocycles. The van der Waals surface area contributed by atoms with Crippen LogP contribution in [-0.2, 0) is 16.1 Å². The Balaban J connectivity index is 1.69. The second-order valence-corrected chi connectivity index (χ2v) is 8.16. The van der Waals surface area contributed by atoms with Gasteiger partial charge in [0.1, 0.15) is 12.3 Å². The van der Waals surface area contributed by atoms with Crippen molar-refractivity contribution in [3.63, 3.8) is 0 Å². The second-order valence-electron chi connectivity index (χ2n) is 8.16. The van der Waals surface area contributed by atoms with E-state index in [2.05, 4.69) is 0 Å². The van der Waals surface area contributed by atoms with Gasteiger partial charge in [0.2, 0.25) is 0 Å². The maximum atomic E-state index is 13.2. The van der Waals surface area contributed by atoms with Gasteiger partial charge in [0.15, 0.2) is 0 Å². The molecule has 0 aliphatic heterocycles. The van der Waals surface area contributed by atoms with E-state index in [1.54, 1.807) is 10.7 Å². The van der Waals surface area contributed by atoms with Crippen molar-refractivity contribution in [2.45, 2.75) is 13.5 Å². The van der Waals surface area contributed by atoms with E-state index < -0.39 is 11.9 Å². The van der Waals surface area contributed by atoms with Crippen LogP contribution in [0.1, 0.15) is 32.1 Å². The lowest BCUT2D eigenvalue weighted by molar-refractivity contribution is 0.0471. The van der Waals surface area contributed by atoms with Gasteiger partial charge in [0.05, 0.1) is 29.6 Å². The minimum Gasteiger partial charge on any atom is -0.464 e. The summed E-state index contributed by atoms with van der Waals surface area (Å²) in [7, 11) is 1.36. The molecule has 35 heavy (non-hydrogen) atoms.